The van der Waals surface area contributed by atoms with E-state index in [0.29, 0.717) is 29.7 Å². The summed E-state index contributed by atoms with van der Waals surface area (Å²) in [6, 6.07) is 13.5. The van der Waals surface area contributed by atoms with Crippen LogP contribution in [0.1, 0.15) is 52.9 Å². The number of nitrogens with zero attached hydrogens (tertiary/aromatic N) is 3. The zero-order valence-corrected chi connectivity index (χ0v) is 16.4. The van der Waals surface area contributed by atoms with E-state index in [4.69, 9.17) is 10.00 Å². The minimum Gasteiger partial charge on any atom is -0.445 e. The van der Waals surface area contributed by atoms with Crippen LogP contribution in [0.25, 0.3) is 0 Å². The van der Waals surface area contributed by atoms with Crippen molar-refractivity contribution < 1.29 is 14.3 Å². The number of hydrogen-bond donors (Lipinski definition) is 0. The van der Waals surface area contributed by atoms with Crippen LogP contribution in [0.3, 0.4) is 0 Å². The van der Waals surface area contributed by atoms with Crippen LogP contribution in [0, 0.1) is 24.2 Å². The fraction of sp³-hybridized carbons (Fsp3) is 0.391. The number of carbonyl (C=O) groups excluding carboxylic acids is 2. The number of fused-ring (bicyclic) bond motifs is 2. The van der Waals surface area contributed by atoms with Gasteiger partial charge in [0.25, 0.3) is 0 Å². The average Bonchev–Trinajstić information content (AvgIpc) is 3.01. The van der Waals surface area contributed by atoms with Gasteiger partial charge in [-0.15, -0.1) is 0 Å². The SMILES string of the molecule is Cc1cc(C(=O)C2CC3CCC(C2)N3C(=O)OCc2ccccc2)cnc1C#N. The third-order valence-electron chi connectivity index (χ3n) is 5.99. The van der Waals surface area contributed by atoms with Gasteiger partial charge in [-0.05, 0) is 49.8 Å². The molecule has 1 amide bonds. The van der Waals surface area contributed by atoms with Gasteiger partial charge in [-0.1, -0.05) is 30.3 Å². The highest BCUT2D eigenvalue weighted by Crippen LogP contribution is 2.40. The lowest BCUT2D eigenvalue weighted by Gasteiger charge is -2.37. The first-order valence-electron chi connectivity index (χ1n) is 9.96. The van der Waals surface area contributed by atoms with Crippen LogP contribution in [0.5, 0.6) is 0 Å². The third kappa shape index (κ3) is 3.86. The summed E-state index contributed by atoms with van der Waals surface area (Å²) in [5, 5.41) is 9.03. The summed E-state index contributed by atoms with van der Waals surface area (Å²) < 4.78 is 5.53. The van der Waals surface area contributed by atoms with E-state index < -0.39 is 0 Å². The van der Waals surface area contributed by atoms with Crippen molar-refractivity contribution in [2.45, 2.75) is 51.3 Å². The number of aromatic nitrogens is 1. The van der Waals surface area contributed by atoms with E-state index in [9.17, 15) is 9.59 Å². The van der Waals surface area contributed by atoms with E-state index in [1.165, 1.54) is 6.20 Å². The molecule has 0 radical (unpaired) electrons. The summed E-state index contributed by atoms with van der Waals surface area (Å²) in [4.78, 5) is 31.6. The van der Waals surface area contributed by atoms with Crippen molar-refractivity contribution in [2.75, 3.05) is 0 Å². The van der Waals surface area contributed by atoms with Gasteiger partial charge >= 0.3 is 6.09 Å². The second kappa shape index (κ2) is 8.04. The highest BCUT2D eigenvalue weighted by Gasteiger charge is 2.46. The van der Waals surface area contributed by atoms with Gasteiger partial charge < -0.3 is 9.64 Å². The maximum atomic E-state index is 13.0. The Kier molecular flexibility index (Phi) is 5.30. The molecule has 0 N–H and O–H groups in total. The van der Waals surface area contributed by atoms with Crippen LogP contribution in [0.2, 0.25) is 0 Å². The number of piperidine rings is 1. The van der Waals surface area contributed by atoms with Crippen LogP contribution in [0.15, 0.2) is 42.6 Å². The molecule has 29 heavy (non-hydrogen) atoms. The summed E-state index contributed by atoms with van der Waals surface area (Å²) in [5.74, 6) is -0.0703. The van der Waals surface area contributed by atoms with Crippen molar-refractivity contribution in [3.63, 3.8) is 0 Å². The Morgan fingerprint density at radius 2 is 1.90 bits per heavy atom. The molecule has 6 nitrogen and oxygen atoms in total. The molecule has 2 aliphatic rings. The second-order valence-electron chi connectivity index (χ2n) is 7.87. The zero-order valence-electron chi connectivity index (χ0n) is 16.4. The molecule has 2 atom stereocenters. The average molecular weight is 389 g/mol. The number of benzene rings is 1. The van der Waals surface area contributed by atoms with Gasteiger partial charge in [-0.25, -0.2) is 9.78 Å². The molecule has 2 bridgehead atoms. The van der Waals surface area contributed by atoms with Crippen molar-refractivity contribution in [3.8, 4) is 6.07 Å². The summed E-state index contributed by atoms with van der Waals surface area (Å²) in [6.45, 7) is 2.05. The predicted molar refractivity (Wildman–Crippen MR) is 106 cm³/mol. The second-order valence-corrected chi connectivity index (χ2v) is 7.87. The molecule has 0 spiro atoms. The van der Waals surface area contributed by atoms with Crippen LogP contribution in [-0.4, -0.2) is 33.8 Å². The molecule has 1 aromatic heterocycles. The number of ketones is 1. The number of aryl methyl sites for hydroxylation is 1. The molecule has 3 heterocycles. The minimum absolute atomic E-state index is 0.0402. The minimum atomic E-state index is -0.289. The first-order chi connectivity index (χ1) is 14.1. The monoisotopic (exact) mass is 389 g/mol. The van der Waals surface area contributed by atoms with Gasteiger partial charge in [0.15, 0.2) is 5.78 Å². The Morgan fingerprint density at radius 3 is 2.52 bits per heavy atom. The molecule has 2 aliphatic heterocycles. The summed E-state index contributed by atoms with van der Waals surface area (Å²) in [6.07, 6.45) is 4.31. The first-order valence-corrected chi connectivity index (χ1v) is 9.96. The smallest absolute Gasteiger partial charge is 0.410 e. The lowest BCUT2D eigenvalue weighted by Crippen LogP contribution is -2.48. The van der Waals surface area contributed by atoms with Gasteiger partial charge in [0.05, 0.1) is 0 Å². The van der Waals surface area contributed by atoms with E-state index in [1.807, 2.05) is 41.3 Å². The van der Waals surface area contributed by atoms with E-state index >= 15 is 0 Å². The molecule has 0 aliphatic carbocycles. The number of carbonyl (C=O) groups is 2. The van der Waals surface area contributed by atoms with Crippen molar-refractivity contribution in [3.05, 3.63) is 65.0 Å². The topological polar surface area (TPSA) is 83.3 Å². The Hall–Kier alpha value is -3.20. The number of hydrogen-bond acceptors (Lipinski definition) is 5. The summed E-state index contributed by atoms with van der Waals surface area (Å²) in [5.41, 5.74) is 2.56. The maximum Gasteiger partial charge on any atom is 0.410 e. The zero-order chi connectivity index (χ0) is 20.4. The van der Waals surface area contributed by atoms with Crippen molar-refractivity contribution in [2.24, 2.45) is 5.92 Å². The maximum absolute atomic E-state index is 13.0. The van der Waals surface area contributed by atoms with Crippen LogP contribution >= 0.6 is 0 Å². The van der Waals surface area contributed by atoms with E-state index in [-0.39, 0.29) is 36.5 Å². The van der Waals surface area contributed by atoms with E-state index in [2.05, 4.69) is 4.98 Å². The quantitative estimate of drug-likeness (QED) is 0.738. The molecule has 4 rings (SSSR count). The lowest BCUT2D eigenvalue weighted by atomic mass is 9.85. The molecule has 2 saturated heterocycles. The Balaban J connectivity index is 1.41. The number of ether oxygens (including phenoxy) is 1. The van der Waals surface area contributed by atoms with Crippen molar-refractivity contribution in [1.29, 1.82) is 5.26 Å². The molecule has 0 saturated carbocycles. The Labute approximate surface area is 170 Å². The molecule has 2 aromatic rings. The lowest BCUT2D eigenvalue weighted by molar-refractivity contribution is 0.0485. The summed E-state index contributed by atoms with van der Waals surface area (Å²) >= 11 is 0. The van der Waals surface area contributed by atoms with Gasteiger partial charge in [-0.2, -0.15) is 5.26 Å². The van der Waals surface area contributed by atoms with Gasteiger partial charge in [-0.3, -0.25) is 4.79 Å². The molecule has 2 fully saturated rings. The largest absolute Gasteiger partial charge is 0.445 e. The normalized spacial score (nSPS) is 22.8. The van der Waals surface area contributed by atoms with Crippen LogP contribution in [-0.2, 0) is 11.3 Å². The molecular formula is C23H23N3O3. The molecule has 6 heteroatoms. The number of amides is 1. The third-order valence-corrected chi connectivity index (χ3v) is 5.99. The molecule has 2 unspecified atom stereocenters. The highest BCUT2D eigenvalue weighted by atomic mass is 16.6. The van der Waals surface area contributed by atoms with E-state index in [1.54, 1.807) is 13.0 Å². The molecule has 148 valence electrons. The standard InChI is InChI=1S/C23H23N3O3/c1-15-9-18(13-25-21(15)12-24)22(27)17-10-19-7-8-20(11-17)26(19)23(28)29-14-16-5-3-2-4-6-16/h2-6,9,13,17,19-20H,7-8,10-11,14H2,1H3. The van der Waals surface area contributed by atoms with E-state index in [0.717, 1.165) is 18.4 Å². The van der Waals surface area contributed by atoms with Crippen LogP contribution in [0.4, 0.5) is 4.79 Å². The highest BCUT2D eigenvalue weighted by molar-refractivity contribution is 5.98. The molecular weight excluding hydrogens is 366 g/mol. The fourth-order valence-corrected chi connectivity index (χ4v) is 4.55. The Morgan fingerprint density at radius 1 is 1.21 bits per heavy atom. The summed E-state index contributed by atoms with van der Waals surface area (Å²) in [7, 11) is 0. The number of Topliss-reactive ketones (excluding diaryl/α,β-unsaturated/α-hetero) is 1. The first kappa shape index (κ1) is 19.1. The van der Waals surface area contributed by atoms with Crippen molar-refractivity contribution >= 4 is 11.9 Å². The number of rotatable bonds is 4. The predicted octanol–water partition coefficient (Wildman–Crippen LogP) is 4.02. The van der Waals surface area contributed by atoms with Gasteiger partial charge in [0.1, 0.15) is 18.4 Å². The van der Waals surface area contributed by atoms with Gasteiger partial charge in [0, 0.05) is 29.8 Å². The Bertz CT molecular complexity index is 953. The van der Waals surface area contributed by atoms with Crippen LogP contribution < -0.4 is 0 Å². The van der Waals surface area contributed by atoms with Crippen molar-refractivity contribution in [1.82, 2.24) is 9.88 Å². The fourth-order valence-electron chi connectivity index (χ4n) is 4.55. The molecule has 1 aromatic carbocycles. The number of nitriles is 1. The van der Waals surface area contributed by atoms with Gasteiger partial charge in [0.2, 0.25) is 0 Å². The number of pyridine rings is 1.